The summed E-state index contributed by atoms with van der Waals surface area (Å²) in [4.78, 5) is 19.3. The van der Waals surface area contributed by atoms with Gasteiger partial charge in [-0.2, -0.15) is 0 Å². The largest absolute Gasteiger partial charge is 0.503 e. The van der Waals surface area contributed by atoms with E-state index in [2.05, 4.69) is 34.6 Å². The molecule has 0 rings (SSSR count). The van der Waals surface area contributed by atoms with Crippen LogP contribution in [0.2, 0.25) is 0 Å². The highest BCUT2D eigenvalue weighted by molar-refractivity contribution is 5.53. The molecule has 0 fully saturated rings. The number of carboxylic acid groups (broad SMARTS) is 2. The number of unbranched alkanes of at least 4 members (excludes halogenated alkanes) is 1. The second kappa shape index (κ2) is 12.2. The molecule has 0 aromatic rings. The van der Waals surface area contributed by atoms with Crippen molar-refractivity contribution in [2.75, 3.05) is 6.61 Å². The molecule has 0 amide bonds. The van der Waals surface area contributed by atoms with Crippen LogP contribution in [0, 0.1) is 5.92 Å². The number of hydrogen-bond acceptors (Lipinski definition) is 3. The Kier molecular flexibility index (Phi) is 13.2. The van der Waals surface area contributed by atoms with Gasteiger partial charge in [0.2, 0.25) is 0 Å². The highest BCUT2D eigenvalue weighted by Crippen LogP contribution is 2.17. The quantitative estimate of drug-likeness (QED) is 0.477. The zero-order valence-electron chi connectivity index (χ0n) is 12.9. The molecule has 0 aromatic carbocycles. The lowest BCUT2D eigenvalue weighted by atomic mass is 10.0. The van der Waals surface area contributed by atoms with E-state index in [-0.39, 0.29) is 5.60 Å². The maximum atomic E-state index is 8.56. The Morgan fingerprint density at radius 3 is 2.11 bits per heavy atom. The van der Waals surface area contributed by atoms with Gasteiger partial charge in [-0.15, -0.1) is 0 Å². The molecule has 0 saturated carbocycles. The summed E-state index contributed by atoms with van der Waals surface area (Å²) in [5.74, 6) is 0.651. The third-order valence-electron chi connectivity index (χ3n) is 2.98. The summed E-state index contributed by atoms with van der Waals surface area (Å²) >= 11 is 0. The predicted molar refractivity (Wildman–Crippen MR) is 75.4 cm³/mol. The molecule has 1 atom stereocenters. The van der Waals surface area contributed by atoms with Crippen LogP contribution in [-0.4, -0.2) is 28.6 Å². The van der Waals surface area contributed by atoms with Crippen molar-refractivity contribution in [3.05, 3.63) is 0 Å². The molecule has 19 heavy (non-hydrogen) atoms. The third kappa shape index (κ3) is 17.2. The Balaban J connectivity index is 0. The summed E-state index contributed by atoms with van der Waals surface area (Å²) < 4.78 is 0. The SMILES string of the molecule is CCCCC(CC)COOC(C)(C)CC.O=C(O)O. The molecule has 1 unspecified atom stereocenters. The van der Waals surface area contributed by atoms with E-state index >= 15 is 0 Å². The number of rotatable bonds is 9. The first-order chi connectivity index (χ1) is 8.79. The highest BCUT2D eigenvalue weighted by atomic mass is 17.2. The van der Waals surface area contributed by atoms with Crippen molar-refractivity contribution in [1.29, 1.82) is 0 Å². The van der Waals surface area contributed by atoms with E-state index in [1.165, 1.54) is 25.7 Å². The average molecular weight is 278 g/mol. The van der Waals surface area contributed by atoms with Gasteiger partial charge in [0, 0.05) is 0 Å². The molecule has 0 aromatic heterocycles. The Labute approximate surface area is 116 Å². The van der Waals surface area contributed by atoms with Gasteiger partial charge in [0.25, 0.3) is 0 Å². The van der Waals surface area contributed by atoms with Gasteiger partial charge in [-0.05, 0) is 32.6 Å². The molecule has 0 bridgehead atoms. The van der Waals surface area contributed by atoms with Crippen LogP contribution in [0.1, 0.15) is 66.7 Å². The van der Waals surface area contributed by atoms with Crippen LogP contribution >= 0.6 is 0 Å². The van der Waals surface area contributed by atoms with Gasteiger partial charge >= 0.3 is 6.16 Å². The van der Waals surface area contributed by atoms with E-state index in [9.17, 15) is 0 Å². The Hall–Kier alpha value is -0.810. The van der Waals surface area contributed by atoms with Gasteiger partial charge in [-0.3, -0.25) is 0 Å². The van der Waals surface area contributed by atoms with Crippen molar-refractivity contribution >= 4 is 6.16 Å². The predicted octanol–water partition coefficient (Wildman–Crippen LogP) is 4.56. The van der Waals surface area contributed by atoms with Crippen molar-refractivity contribution in [3.8, 4) is 0 Å². The minimum atomic E-state index is -1.83. The monoisotopic (exact) mass is 278 g/mol. The second-order valence-electron chi connectivity index (χ2n) is 5.18. The lowest BCUT2D eigenvalue weighted by molar-refractivity contribution is -0.358. The summed E-state index contributed by atoms with van der Waals surface area (Å²) in [6.45, 7) is 11.4. The molecule has 0 spiro atoms. The zero-order valence-corrected chi connectivity index (χ0v) is 12.9. The zero-order chi connectivity index (χ0) is 15.3. The second-order valence-corrected chi connectivity index (χ2v) is 5.18. The van der Waals surface area contributed by atoms with Crippen molar-refractivity contribution in [3.63, 3.8) is 0 Å². The lowest BCUT2D eigenvalue weighted by Gasteiger charge is -2.23. The summed E-state index contributed by atoms with van der Waals surface area (Å²) in [5, 5.41) is 13.9. The maximum absolute atomic E-state index is 8.56. The van der Waals surface area contributed by atoms with Crippen LogP contribution in [-0.2, 0) is 9.78 Å². The van der Waals surface area contributed by atoms with Gasteiger partial charge in [0.15, 0.2) is 0 Å². The number of hydrogen-bond donors (Lipinski definition) is 2. The standard InChI is InChI=1S/C13H28O2.CH2O3/c1-6-9-10-12(7-2)11-14-15-13(4,5)8-3;2-1(3)4/h12H,6-11H2,1-5H3;(H2,2,3,4). The molecule has 5 nitrogen and oxygen atoms in total. The van der Waals surface area contributed by atoms with Crippen molar-refractivity contribution < 1.29 is 24.8 Å². The van der Waals surface area contributed by atoms with Crippen LogP contribution < -0.4 is 0 Å². The van der Waals surface area contributed by atoms with Gasteiger partial charge < -0.3 is 10.2 Å². The van der Waals surface area contributed by atoms with E-state index in [0.29, 0.717) is 5.92 Å². The van der Waals surface area contributed by atoms with Gasteiger partial charge in [0.1, 0.15) is 0 Å². The fourth-order valence-corrected chi connectivity index (χ4v) is 1.25. The minimum Gasteiger partial charge on any atom is -0.450 e. The van der Waals surface area contributed by atoms with Crippen molar-refractivity contribution in [2.45, 2.75) is 72.3 Å². The first-order valence-corrected chi connectivity index (χ1v) is 7.01. The Morgan fingerprint density at radius 1 is 1.21 bits per heavy atom. The average Bonchev–Trinajstić information content (AvgIpc) is 2.32. The van der Waals surface area contributed by atoms with Crippen LogP contribution in [0.5, 0.6) is 0 Å². The smallest absolute Gasteiger partial charge is 0.450 e. The normalized spacial score (nSPS) is 12.5. The molecule has 2 N–H and O–H groups in total. The fraction of sp³-hybridized carbons (Fsp3) is 0.929. The first-order valence-electron chi connectivity index (χ1n) is 7.01. The Morgan fingerprint density at radius 2 is 1.74 bits per heavy atom. The summed E-state index contributed by atoms with van der Waals surface area (Å²) in [6, 6.07) is 0. The lowest BCUT2D eigenvalue weighted by Crippen LogP contribution is -2.24. The molecule has 5 heteroatoms. The third-order valence-corrected chi connectivity index (χ3v) is 2.98. The Bertz CT molecular complexity index is 212. The van der Waals surface area contributed by atoms with Gasteiger partial charge in [-0.1, -0.05) is 40.0 Å². The fourth-order valence-electron chi connectivity index (χ4n) is 1.25. The highest BCUT2D eigenvalue weighted by Gasteiger charge is 2.17. The van der Waals surface area contributed by atoms with Crippen LogP contribution in [0.15, 0.2) is 0 Å². The minimum absolute atomic E-state index is 0.150. The van der Waals surface area contributed by atoms with Crippen molar-refractivity contribution in [2.24, 2.45) is 5.92 Å². The molecule has 0 aliphatic rings. The van der Waals surface area contributed by atoms with E-state index < -0.39 is 6.16 Å². The number of carbonyl (C=O) groups is 1. The molecular weight excluding hydrogens is 248 g/mol. The van der Waals surface area contributed by atoms with Crippen LogP contribution in [0.25, 0.3) is 0 Å². The topological polar surface area (TPSA) is 76.0 Å². The summed E-state index contributed by atoms with van der Waals surface area (Å²) in [7, 11) is 0. The summed E-state index contributed by atoms with van der Waals surface area (Å²) in [5.41, 5.74) is -0.150. The van der Waals surface area contributed by atoms with E-state index in [1.807, 2.05) is 0 Å². The van der Waals surface area contributed by atoms with Crippen LogP contribution in [0.3, 0.4) is 0 Å². The maximum Gasteiger partial charge on any atom is 0.503 e. The molecular formula is C14H30O5. The van der Waals surface area contributed by atoms with Crippen molar-refractivity contribution in [1.82, 2.24) is 0 Å². The van der Waals surface area contributed by atoms with Gasteiger partial charge in [-0.25, -0.2) is 14.6 Å². The molecule has 0 saturated heterocycles. The molecule has 116 valence electrons. The molecule has 0 radical (unpaired) electrons. The molecule has 0 aliphatic heterocycles. The molecule has 0 heterocycles. The molecule has 0 aliphatic carbocycles. The van der Waals surface area contributed by atoms with E-state index in [4.69, 9.17) is 24.8 Å². The first kappa shape index (κ1) is 20.5. The van der Waals surface area contributed by atoms with E-state index in [0.717, 1.165) is 13.0 Å². The van der Waals surface area contributed by atoms with Crippen LogP contribution in [0.4, 0.5) is 4.79 Å². The van der Waals surface area contributed by atoms with Gasteiger partial charge in [0.05, 0.1) is 12.2 Å². The van der Waals surface area contributed by atoms with E-state index in [1.54, 1.807) is 0 Å². The summed E-state index contributed by atoms with van der Waals surface area (Å²) in [6.07, 6.45) is 4.12.